The van der Waals surface area contributed by atoms with E-state index in [0.717, 1.165) is 10.6 Å². The molecule has 0 bridgehead atoms. The fourth-order valence-corrected chi connectivity index (χ4v) is 3.53. The zero-order valence-electron chi connectivity index (χ0n) is 12.5. The van der Waals surface area contributed by atoms with Crippen LogP contribution in [0.15, 0.2) is 36.5 Å². The summed E-state index contributed by atoms with van der Waals surface area (Å²) in [5, 5.41) is 10.1. The number of methoxy groups -OCH3 is 1. The molecule has 2 aromatic rings. The molecule has 23 heavy (non-hydrogen) atoms. The van der Waals surface area contributed by atoms with Crippen LogP contribution in [-0.4, -0.2) is 52.7 Å². The number of amides is 1. The third-order valence-corrected chi connectivity index (χ3v) is 4.91. The van der Waals surface area contributed by atoms with Gasteiger partial charge in [0.2, 0.25) is 0 Å². The molecule has 120 valence electrons. The van der Waals surface area contributed by atoms with Crippen LogP contribution in [0.2, 0.25) is 0 Å². The summed E-state index contributed by atoms with van der Waals surface area (Å²) in [7, 11) is 1.53. The Balaban J connectivity index is 1.83. The third-order valence-electron chi connectivity index (χ3n) is 3.88. The summed E-state index contributed by atoms with van der Waals surface area (Å²) in [5.41, 5.74) is 0.933. The molecule has 2 heterocycles. The molecule has 0 aliphatic carbocycles. The zero-order valence-corrected chi connectivity index (χ0v) is 13.3. The molecule has 2 atom stereocenters. The van der Waals surface area contributed by atoms with E-state index in [1.54, 1.807) is 0 Å². The average molecular weight is 332 g/mol. The van der Waals surface area contributed by atoms with Crippen LogP contribution < -0.4 is 0 Å². The van der Waals surface area contributed by atoms with E-state index >= 15 is 0 Å². The number of ether oxygens (including phenoxy) is 1. The molecular weight excluding hydrogens is 316 g/mol. The lowest BCUT2D eigenvalue weighted by Gasteiger charge is -2.20. The summed E-state index contributed by atoms with van der Waals surface area (Å²) < 4.78 is 5.21. The molecule has 1 aliphatic heterocycles. The van der Waals surface area contributed by atoms with Gasteiger partial charge in [-0.3, -0.25) is 4.79 Å². The number of aliphatic carboxylic acids is 1. The molecule has 0 spiro atoms. The molecular formula is C16H16N2O4S. The molecule has 1 saturated heterocycles. The number of carboxylic acid groups (broad SMARTS) is 1. The number of nitrogens with zero attached hydrogens (tertiary/aromatic N) is 2. The first-order valence-electron chi connectivity index (χ1n) is 7.18. The lowest BCUT2D eigenvalue weighted by molar-refractivity contribution is -0.141. The number of carbonyl (C=O) groups is 2. The molecule has 1 aliphatic rings. The van der Waals surface area contributed by atoms with Crippen molar-refractivity contribution < 1.29 is 19.4 Å². The van der Waals surface area contributed by atoms with Crippen molar-refractivity contribution >= 4 is 23.2 Å². The normalized spacial score (nSPS) is 20.7. The maximum Gasteiger partial charge on any atom is 0.326 e. The maximum atomic E-state index is 12.6. The highest BCUT2D eigenvalue weighted by Crippen LogP contribution is 2.28. The van der Waals surface area contributed by atoms with E-state index in [-0.39, 0.29) is 18.6 Å². The predicted molar refractivity (Wildman–Crippen MR) is 85.4 cm³/mol. The second-order valence-electron chi connectivity index (χ2n) is 5.30. The molecule has 1 aromatic heterocycles. The number of rotatable bonds is 4. The van der Waals surface area contributed by atoms with Gasteiger partial charge < -0.3 is 14.7 Å². The number of thiazole rings is 1. The SMILES string of the molecule is COC1CC(C(=O)O)N(C(=O)c2cnc(-c3ccccc3)s2)C1. The maximum absolute atomic E-state index is 12.6. The smallest absolute Gasteiger partial charge is 0.326 e. The summed E-state index contributed by atoms with van der Waals surface area (Å²) in [6, 6.07) is 8.71. The molecule has 3 rings (SSSR count). The molecule has 1 N–H and O–H groups in total. The average Bonchev–Trinajstić information content (AvgIpc) is 3.22. The number of benzene rings is 1. The lowest BCUT2D eigenvalue weighted by Crippen LogP contribution is -2.40. The quantitative estimate of drug-likeness (QED) is 0.928. The van der Waals surface area contributed by atoms with Crippen LogP contribution in [0, 0.1) is 0 Å². The fraction of sp³-hybridized carbons (Fsp3) is 0.312. The van der Waals surface area contributed by atoms with E-state index in [0.29, 0.717) is 11.3 Å². The van der Waals surface area contributed by atoms with Crippen molar-refractivity contribution in [1.82, 2.24) is 9.88 Å². The van der Waals surface area contributed by atoms with Gasteiger partial charge in [0.1, 0.15) is 15.9 Å². The van der Waals surface area contributed by atoms with Gasteiger partial charge in [-0.25, -0.2) is 9.78 Å². The van der Waals surface area contributed by atoms with Crippen molar-refractivity contribution in [3.05, 3.63) is 41.4 Å². The van der Waals surface area contributed by atoms with E-state index in [2.05, 4.69) is 4.98 Å². The first-order valence-corrected chi connectivity index (χ1v) is 7.99. The van der Waals surface area contributed by atoms with Crippen LogP contribution in [-0.2, 0) is 9.53 Å². The van der Waals surface area contributed by atoms with E-state index < -0.39 is 12.0 Å². The van der Waals surface area contributed by atoms with Gasteiger partial charge in [0.25, 0.3) is 5.91 Å². The highest BCUT2D eigenvalue weighted by Gasteiger charge is 2.40. The van der Waals surface area contributed by atoms with Crippen LogP contribution in [0.4, 0.5) is 0 Å². The monoisotopic (exact) mass is 332 g/mol. The Morgan fingerprint density at radius 2 is 2.09 bits per heavy atom. The van der Waals surface area contributed by atoms with Crippen molar-refractivity contribution in [2.75, 3.05) is 13.7 Å². The lowest BCUT2D eigenvalue weighted by atomic mass is 10.2. The van der Waals surface area contributed by atoms with Gasteiger partial charge in [-0.1, -0.05) is 30.3 Å². The third kappa shape index (κ3) is 3.11. The molecule has 0 saturated carbocycles. The fourth-order valence-electron chi connectivity index (χ4n) is 2.66. The standard InChI is InChI=1S/C16H16N2O4S/c1-22-11-7-12(16(20)21)18(9-11)15(19)13-8-17-14(23-13)10-5-3-2-4-6-10/h2-6,8,11-12H,7,9H2,1H3,(H,20,21). The summed E-state index contributed by atoms with van der Waals surface area (Å²) >= 11 is 1.27. The van der Waals surface area contributed by atoms with Gasteiger partial charge in [-0.05, 0) is 0 Å². The second kappa shape index (κ2) is 6.47. The van der Waals surface area contributed by atoms with Gasteiger partial charge in [-0.2, -0.15) is 0 Å². The van der Waals surface area contributed by atoms with Gasteiger partial charge in [-0.15, -0.1) is 11.3 Å². The van der Waals surface area contributed by atoms with Crippen LogP contribution in [0.5, 0.6) is 0 Å². The van der Waals surface area contributed by atoms with Gasteiger partial charge >= 0.3 is 5.97 Å². The van der Waals surface area contributed by atoms with Crippen LogP contribution in [0.1, 0.15) is 16.1 Å². The minimum Gasteiger partial charge on any atom is -0.480 e. The van der Waals surface area contributed by atoms with Gasteiger partial charge in [0, 0.05) is 25.6 Å². The Labute approximate surface area is 137 Å². The van der Waals surface area contributed by atoms with Crippen molar-refractivity contribution in [1.29, 1.82) is 0 Å². The van der Waals surface area contributed by atoms with E-state index in [1.165, 1.54) is 29.5 Å². The van der Waals surface area contributed by atoms with Crippen LogP contribution in [0.25, 0.3) is 10.6 Å². The van der Waals surface area contributed by atoms with Crippen LogP contribution in [0.3, 0.4) is 0 Å². The topological polar surface area (TPSA) is 79.7 Å². The Morgan fingerprint density at radius 3 is 2.74 bits per heavy atom. The molecule has 7 heteroatoms. The summed E-state index contributed by atoms with van der Waals surface area (Å²) in [6.07, 6.45) is 1.57. The molecule has 1 aromatic carbocycles. The number of likely N-dealkylation sites (tertiary alicyclic amines) is 1. The van der Waals surface area contributed by atoms with Crippen molar-refractivity contribution in [2.24, 2.45) is 0 Å². The molecule has 1 amide bonds. The number of hydrogen-bond donors (Lipinski definition) is 1. The Hall–Kier alpha value is -2.25. The highest BCUT2D eigenvalue weighted by atomic mass is 32.1. The van der Waals surface area contributed by atoms with Gasteiger partial charge in [0.05, 0.1) is 12.3 Å². The Bertz CT molecular complexity index is 716. The van der Waals surface area contributed by atoms with Crippen molar-refractivity contribution in [3.8, 4) is 10.6 Å². The molecule has 2 unspecified atom stereocenters. The van der Waals surface area contributed by atoms with E-state index in [1.807, 2.05) is 30.3 Å². The second-order valence-corrected chi connectivity index (χ2v) is 6.33. The van der Waals surface area contributed by atoms with E-state index in [4.69, 9.17) is 4.74 Å². The number of carbonyl (C=O) groups excluding carboxylic acids is 1. The highest BCUT2D eigenvalue weighted by molar-refractivity contribution is 7.16. The van der Waals surface area contributed by atoms with Gasteiger partial charge in [0.15, 0.2) is 0 Å². The molecule has 6 nitrogen and oxygen atoms in total. The first-order chi connectivity index (χ1) is 11.1. The zero-order chi connectivity index (χ0) is 16.4. The first kappa shape index (κ1) is 15.6. The molecule has 1 fully saturated rings. The van der Waals surface area contributed by atoms with Crippen molar-refractivity contribution in [3.63, 3.8) is 0 Å². The largest absolute Gasteiger partial charge is 0.480 e. The predicted octanol–water partition coefficient (Wildman–Crippen LogP) is 2.12. The Morgan fingerprint density at radius 1 is 1.35 bits per heavy atom. The van der Waals surface area contributed by atoms with Crippen LogP contribution >= 0.6 is 11.3 Å². The minimum atomic E-state index is -1.01. The summed E-state index contributed by atoms with van der Waals surface area (Å²) in [5.74, 6) is -1.32. The summed E-state index contributed by atoms with van der Waals surface area (Å²) in [6.45, 7) is 0.283. The number of hydrogen-bond acceptors (Lipinski definition) is 5. The number of aromatic nitrogens is 1. The van der Waals surface area contributed by atoms with Crippen molar-refractivity contribution in [2.45, 2.75) is 18.6 Å². The Kier molecular flexibility index (Phi) is 4.40. The number of carboxylic acids is 1. The molecule has 0 radical (unpaired) electrons. The van der Waals surface area contributed by atoms with E-state index in [9.17, 15) is 14.7 Å². The summed E-state index contributed by atoms with van der Waals surface area (Å²) in [4.78, 5) is 30.1. The minimum absolute atomic E-state index is 0.249.